The van der Waals surface area contributed by atoms with Crippen LogP contribution in [-0.4, -0.2) is 23.6 Å². The minimum Gasteiger partial charge on any atom is -0.497 e. The minimum atomic E-state index is 0.0105. The van der Waals surface area contributed by atoms with E-state index in [1.165, 1.54) is 17.3 Å². The molecule has 3 aromatic rings. The maximum absolute atomic E-state index is 12.8. The van der Waals surface area contributed by atoms with Gasteiger partial charge in [0.15, 0.2) is 5.78 Å². The van der Waals surface area contributed by atoms with Gasteiger partial charge in [-0.2, -0.15) is 5.26 Å². The third-order valence-electron chi connectivity index (χ3n) is 6.39. The van der Waals surface area contributed by atoms with Crippen LogP contribution in [0, 0.1) is 22.7 Å². The second-order valence-electron chi connectivity index (χ2n) is 9.43. The summed E-state index contributed by atoms with van der Waals surface area (Å²) >= 11 is 3.02. The minimum absolute atomic E-state index is 0.0105. The van der Waals surface area contributed by atoms with Gasteiger partial charge in [0.2, 0.25) is 0 Å². The Kier molecular flexibility index (Phi) is 6.92. The molecule has 0 aliphatic heterocycles. The Hall–Kier alpha value is -2.62. The van der Waals surface area contributed by atoms with Gasteiger partial charge >= 0.3 is 0 Å². The number of carbonyl (C=O) groups excluding carboxylic acids is 1. The smallest absolute Gasteiger partial charge is 0.173 e. The van der Waals surface area contributed by atoms with Crippen molar-refractivity contribution in [1.29, 1.82) is 5.26 Å². The molecule has 1 aliphatic carbocycles. The quantitative estimate of drug-likeness (QED) is 0.289. The number of methoxy groups -OCH3 is 1. The van der Waals surface area contributed by atoms with Crippen LogP contribution in [-0.2, 0) is 12.8 Å². The first-order chi connectivity index (χ1) is 15.8. The van der Waals surface area contributed by atoms with Crippen LogP contribution in [0.25, 0.3) is 10.4 Å². The Labute approximate surface area is 204 Å². The van der Waals surface area contributed by atoms with Gasteiger partial charge in [-0.05, 0) is 71.9 Å². The number of rotatable bonds is 6. The number of ether oxygens (including phenoxy) is 1. The fourth-order valence-corrected chi connectivity index (χ4v) is 6.08. The first-order valence-electron chi connectivity index (χ1n) is 11.1. The number of nitrogens with zero attached hydrogens (tertiary/aromatic N) is 2. The van der Waals surface area contributed by atoms with E-state index in [1.54, 1.807) is 42.7 Å². The summed E-state index contributed by atoms with van der Waals surface area (Å²) in [6, 6.07) is 13.6. The van der Waals surface area contributed by atoms with Gasteiger partial charge in [0.25, 0.3) is 0 Å². The Bertz CT molecular complexity index is 1190. The van der Waals surface area contributed by atoms with Crippen molar-refractivity contribution in [3.8, 4) is 22.3 Å². The molecule has 1 aromatic carbocycles. The van der Waals surface area contributed by atoms with Gasteiger partial charge in [-0.3, -0.25) is 4.79 Å². The lowest BCUT2D eigenvalue weighted by Crippen LogP contribution is -2.28. The molecule has 1 atom stereocenters. The zero-order valence-corrected chi connectivity index (χ0v) is 21.1. The molecule has 0 spiro atoms. The van der Waals surface area contributed by atoms with Gasteiger partial charge in [0.05, 0.1) is 18.4 Å². The van der Waals surface area contributed by atoms with Crippen molar-refractivity contribution >= 4 is 28.9 Å². The van der Waals surface area contributed by atoms with Crippen molar-refractivity contribution in [2.75, 3.05) is 12.9 Å². The number of pyridine rings is 1. The van der Waals surface area contributed by atoms with E-state index in [4.69, 9.17) is 9.72 Å². The lowest BCUT2D eigenvalue weighted by atomic mass is 9.71. The molecule has 2 aromatic heterocycles. The maximum atomic E-state index is 12.8. The third kappa shape index (κ3) is 5.00. The fourth-order valence-electron chi connectivity index (χ4n) is 4.37. The summed E-state index contributed by atoms with van der Waals surface area (Å²) in [6.45, 7) is 6.86. The first kappa shape index (κ1) is 23.5. The molecular formula is C27H28N2O2S2. The van der Waals surface area contributed by atoms with E-state index >= 15 is 0 Å². The molecule has 33 heavy (non-hydrogen) atoms. The number of nitriles is 1. The summed E-state index contributed by atoms with van der Waals surface area (Å²) in [5.74, 6) is 1.51. The average Bonchev–Trinajstić information content (AvgIpc) is 3.35. The van der Waals surface area contributed by atoms with Crippen molar-refractivity contribution in [3.63, 3.8) is 0 Å². The Morgan fingerprint density at radius 1 is 1.27 bits per heavy atom. The molecule has 0 saturated carbocycles. The summed E-state index contributed by atoms with van der Waals surface area (Å²) in [6.07, 6.45) is 2.94. The summed E-state index contributed by atoms with van der Waals surface area (Å²) in [5, 5.41) is 12.8. The Balaban J connectivity index is 1.69. The number of thiophene rings is 1. The van der Waals surface area contributed by atoms with Crippen molar-refractivity contribution in [3.05, 3.63) is 64.2 Å². The number of ketones is 1. The van der Waals surface area contributed by atoms with Crippen LogP contribution < -0.4 is 4.74 Å². The summed E-state index contributed by atoms with van der Waals surface area (Å²) in [4.78, 5) is 18.9. The van der Waals surface area contributed by atoms with E-state index in [0.29, 0.717) is 22.1 Å². The van der Waals surface area contributed by atoms with E-state index in [-0.39, 0.29) is 17.0 Å². The molecule has 170 valence electrons. The number of thioether (sulfide) groups is 1. The van der Waals surface area contributed by atoms with Crippen LogP contribution >= 0.6 is 23.1 Å². The number of Topliss-reactive ketones (excluding diaryl/α,β-unsaturated/α-hetero) is 1. The lowest BCUT2D eigenvalue weighted by molar-refractivity contribution is 0.102. The molecular weight excluding hydrogens is 448 g/mol. The van der Waals surface area contributed by atoms with Gasteiger partial charge in [0.1, 0.15) is 16.8 Å². The van der Waals surface area contributed by atoms with Gasteiger partial charge in [-0.15, -0.1) is 11.3 Å². The summed E-state index contributed by atoms with van der Waals surface area (Å²) in [7, 11) is 1.60. The van der Waals surface area contributed by atoms with Crippen LogP contribution in [0.2, 0.25) is 0 Å². The highest BCUT2D eigenvalue weighted by molar-refractivity contribution is 8.00. The molecule has 4 nitrogen and oxygen atoms in total. The molecule has 0 amide bonds. The highest BCUT2D eigenvalue weighted by Gasteiger charge is 2.32. The molecule has 6 heteroatoms. The molecule has 0 radical (unpaired) electrons. The third-order valence-corrected chi connectivity index (χ3v) is 8.25. The largest absolute Gasteiger partial charge is 0.497 e. The van der Waals surface area contributed by atoms with Crippen LogP contribution in [0.3, 0.4) is 0 Å². The predicted molar refractivity (Wildman–Crippen MR) is 135 cm³/mol. The van der Waals surface area contributed by atoms with Gasteiger partial charge in [-0.25, -0.2) is 4.98 Å². The molecule has 2 heterocycles. The second kappa shape index (κ2) is 9.70. The van der Waals surface area contributed by atoms with Crippen LogP contribution in [0.5, 0.6) is 5.75 Å². The average molecular weight is 477 g/mol. The highest BCUT2D eigenvalue weighted by Crippen LogP contribution is 2.43. The molecule has 1 unspecified atom stereocenters. The van der Waals surface area contributed by atoms with Crippen molar-refractivity contribution in [1.82, 2.24) is 4.98 Å². The molecule has 0 fully saturated rings. The van der Waals surface area contributed by atoms with Crippen LogP contribution in [0.15, 0.2) is 46.8 Å². The second-order valence-corrected chi connectivity index (χ2v) is 11.3. The predicted octanol–water partition coefficient (Wildman–Crippen LogP) is 6.82. The van der Waals surface area contributed by atoms with E-state index in [0.717, 1.165) is 41.1 Å². The molecule has 0 N–H and O–H groups in total. The van der Waals surface area contributed by atoms with Crippen molar-refractivity contribution in [2.45, 2.75) is 45.1 Å². The number of fused-ring (bicyclic) bond motifs is 1. The molecule has 0 bridgehead atoms. The zero-order valence-electron chi connectivity index (χ0n) is 19.5. The van der Waals surface area contributed by atoms with Gasteiger partial charge < -0.3 is 4.74 Å². The molecule has 0 saturated heterocycles. The highest BCUT2D eigenvalue weighted by atomic mass is 32.2. The number of hydrogen-bond acceptors (Lipinski definition) is 6. The molecule has 4 rings (SSSR count). The summed E-state index contributed by atoms with van der Waals surface area (Å²) in [5.41, 5.74) is 4.74. The number of benzene rings is 1. The fraction of sp³-hybridized carbons (Fsp3) is 0.370. The van der Waals surface area contributed by atoms with Crippen LogP contribution in [0.4, 0.5) is 0 Å². The van der Waals surface area contributed by atoms with E-state index < -0.39 is 0 Å². The zero-order chi connectivity index (χ0) is 23.6. The number of carbonyl (C=O) groups is 1. The molecule has 1 aliphatic rings. The van der Waals surface area contributed by atoms with Crippen molar-refractivity contribution < 1.29 is 9.53 Å². The van der Waals surface area contributed by atoms with Crippen LogP contribution in [0.1, 0.15) is 54.4 Å². The SMILES string of the molecule is COc1ccc(C(=O)CSc2nc3c(c(-c4cccs4)c2C#N)CCC(C(C)(C)C)C3)cc1. The lowest BCUT2D eigenvalue weighted by Gasteiger charge is -2.35. The van der Waals surface area contributed by atoms with E-state index in [9.17, 15) is 10.1 Å². The first-order valence-corrected chi connectivity index (χ1v) is 13.0. The maximum Gasteiger partial charge on any atom is 0.173 e. The Morgan fingerprint density at radius 2 is 2.03 bits per heavy atom. The van der Waals surface area contributed by atoms with Crippen molar-refractivity contribution in [2.24, 2.45) is 11.3 Å². The standard InChI is InChI=1S/C27H28N2O2S2/c1-27(2,3)18-9-12-20-22(14-18)29-26(21(15-28)25(20)24-6-5-13-32-24)33-16-23(30)17-7-10-19(31-4)11-8-17/h5-8,10-11,13,18H,9,12,14,16H2,1-4H3. The number of aromatic nitrogens is 1. The Morgan fingerprint density at radius 3 is 2.64 bits per heavy atom. The topological polar surface area (TPSA) is 63.0 Å². The normalized spacial score (nSPS) is 15.5. The summed E-state index contributed by atoms with van der Waals surface area (Å²) < 4.78 is 5.18. The van der Waals surface area contributed by atoms with Gasteiger partial charge in [-0.1, -0.05) is 38.6 Å². The van der Waals surface area contributed by atoms with E-state index in [2.05, 4.69) is 32.9 Å². The number of hydrogen-bond donors (Lipinski definition) is 0. The van der Waals surface area contributed by atoms with Gasteiger partial charge in [0, 0.05) is 21.7 Å². The van der Waals surface area contributed by atoms with E-state index in [1.807, 2.05) is 11.4 Å². The monoisotopic (exact) mass is 476 g/mol.